The summed E-state index contributed by atoms with van der Waals surface area (Å²) in [5.74, 6) is 0. The molecule has 0 amide bonds. The standard InChI is InChI=1S/C11H21N/c1-11(2)9-7-5-3-4-6-8-10-12/h9-10,12H,3-8H2,1-2H3. The van der Waals surface area contributed by atoms with E-state index in [0.29, 0.717) is 0 Å². The fourth-order valence-corrected chi connectivity index (χ4v) is 1.14. The largest absolute Gasteiger partial charge is 0.313 e. The van der Waals surface area contributed by atoms with Gasteiger partial charge in [-0.3, -0.25) is 0 Å². The molecule has 0 aromatic heterocycles. The fourth-order valence-electron chi connectivity index (χ4n) is 1.14. The molecule has 0 fully saturated rings. The summed E-state index contributed by atoms with van der Waals surface area (Å²) in [4.78, 5) is 0. The average Bonchev–Trinajstić information content (AvgIpc) is 2.02. The van der Waals surface area contributed by atoms with E-state index in [2.05, 4.69) is 19.9 Å². The first-order valence-electron chi connectivity index (χ1n) is 4.89. The Hall–Kier alpha value is -0.590. The topological polar surface area (TPSA) is 23.9 Å². The molecule has 0 radical (unpaired) electrons. The van der Waals surface area contributed by atoms with Crippen LogP contribution < -0.4 is 0 Å². The SMILES string of the molecule is CC(C)=CCCCCCCC=N. The van der Waals surface area contributed by atoms with Crippen LogP contribution in [0.2, 0.25) is 0 Å². The maximum absolute atomic E-state index is 6.84. The molecule has 70 valence electrons. The van der Waals surface area contributed by atoms with Crippen LogP contribution in [-0.4, -0.2) is 6.21 Å². The summed E-state index contributed by atoms with van der Waals surface area (Å²) in [6, 6.07) is 0. The lowest BCUT2D eigenvalue weighted by Crippen LogP contribution is -1.79. The number of allylic oxidation sites excluding steroid dienone is 2. The van der Waals surface area contributed by atoms with E-state index in [4.69, 9.17) is 5.41 Å². The molecule has 0 spiro atoms. The number of unbranched alkanes of at least 4 members (excludes halogenated alkanes) is 5. The molecular formula is C11H21N. The van der Waals surface area contributed by atoms with Crippen molar-refractivity contribution in [2.75, 3.05) is 0 Å². The summed E-state index contributed by atoms with van der Waals surface area (Å²) in [5.41, 5.74) is 1.43. The molecule has 1 heteroatoms. The smallest absolute Gasteiger partial charge is 0.00477 e. The van der Waals surface area contributed by atoms with Crippen LogP contribution in [0.25, 0.3) is 0 Å². The minimum Gasteiger partial charge on any atom is -0.313 e. The first-order chi connectivity index (χ1) is 5.77. The Kier molecular flexibility index (Phi) is 8.09. The highest BCUT2D eigenvalue weighted by Gasteiger charge is 1.87. The molecule has 0 aromatic rings. The molecule has 0 saturated heterocycles. The van der Waals surface area contributed by atoms with Gasteiger partial charge >= 0.3 is 0 Å². The molecule has 0 aliphatic carbocycles. The first-order valence-corrected chi connectivity index (χ1v) is 4.89. The highest BCUT2D eigenvalue weighted by Crippen LogP contribution is 2.06. The van der Waals surface area contributed by atoms with Gasteiger partial charge in [0, 0.05) is 0 Å². The lowest BCUT2D eigenvalue weighted by atomic mass is 10.1. The Bertz CT molecular complexity index is 132. The summed E-state index contributed by atoms with van der Waals surface area (Å²) in [6.45, 7) is 4.30. The van der Waals surface area contributed by atoms with Gasteiger partial charge in [0.2, 0.25) is 0 Å². The van der Waals surface area contributed by atoms with E-state index >= 15 is 0 Å². The van der Waals surface area contributed by atoms with Gasteiger partial charge in [-0.15, -0.1) is 0 Å². The van der Waals surface area contributed by atoms with E-state index in [1.54, 1.807) is 0 Å². The highest BCUT2D eigenvalue weighted by molar-refractivity contribution is 5.52. The maximum atomic E-state index is 6.84. The third-order valence-corrected chi connectivity index (χ3v) is 1.86. The zero-order valence-electron chi connectivity index (χ0n) is 8.40. The number of hydrogen-bond donors (Lipinski definition) is 1. The van der Waals surface area contributed by atoms with Gasteiger partial charge in [-0.25, -0.2) is 0 Å². The van der Waals surface area contributed by atoms with Gasteiger partial charge in [0.25, 0.3) is 0 Å². The molecule has 12 heavy (non-hydrogen) atoms. The molecular weight excluding hydrogens is 146 g/mol. The van der Waals surface area contributed by atoms with Crippen molar-refractivity contribution in [3.8, 4) is 0 Å². The molecule has 1 nitrogen and oxygen atoms in total. The number of rotatable bonds is 7. The Balaban J connectivity index is 3.00. The summed E-state index contributed by atoms with van der Waals surface area (Å²) >= 11 is 0. The fraction of sp³-hybridized carbons (Fsp3) is 0.727. The second kappa shape index (κ2) is 8.51. The minimum absolute atomic E-state index is 0.961. The van der Waals surface area contributed by atoms with E-state index in [1.807, 2.05) is 0 Å². The van der Waals surface area contributed by atoms with Crippen molar-refractivity contribution in [3.63, 3.8) is 0 Å². The Morgan fingerprint density at radius 3 is 2.08 bits per heavy atom. The monoisotopic (exact) mass is 167 g/mol. The summed E-state index contributed by atoms with van der Waals surface area (Å²) in [7, 11) is 0. The number of hydrogen-bond acceptors (Lipinski definition) is 1. The van der Waals surface area contributed by atoms with Gasteiger partial charge in [0.1, 0.15) is 0 Å². The minimum atomic E-state index is 0.961. The molecule has 0 saturated carbocycles. The van der Waals surface area contributed by atoms with Gasteiger partial charge < -0.3 is 5.41 Å². The van der Waals surface area contributed by atoms with Crippen molar-refractivity contribution in [2.45, 2.75) is 52.4 Å². The van der Waals surface area contributed by atoms with Gasteiger partial charge in [0.05, 0.1) is 0 Å². The molecule has 0 unspecified atom stereocenters. The van der Waals surface area contributed by atoms with Gasteiger partial charge in [-0.2, -0.15) is 0 Å². The normalized spacial score (nSPS) is 9.50. The molecule has 0 heterocycles. The third-order valence-electron chi connectivity index (χ3n) is 1.86. The second-order valence-corrected chi connectivity index (χ2v) is 3.48. The van der Waals surface area contributed by atoms with Gasteiger partial charge in [-0.1, -0.05) is 24.5 Å². The van der Waals surface area contributed by atoms with Crippen molar-refractivity contribution in [2.24, 2.45) is 0 Å². The van der Waals surface area contributed by atoms with E-state index in [-0.39, 0.29) is 0 Å². The van der Waals surface area contributed by atoms with Crippen molar-refractivity contribution in [1.29, 1.82) is 5.41 Å². The van der Waals surface area contributed by atoms with Crippen LogP contribution in [0.4, 0.5) is 0 Å². The van der Waals surface area contributed by atoms with Crippen molar-refractivity contribution in [1.82, 2.24) is 0 Å². The van der Waals surface area contributed by atoms with Crippen LogP contribution in [0.5, 0.6) is 0 Å². The summed E-state index contributed by atoms with van der Waals surface area (Å²) in [5, 5.41) is 6.84. The van der Waals surface area contributed by atoms with Crippen LogP contribution in [0.15, 0.2) is 11.6 Å². The quantitative estimate of drug-likeness (QED) is 0.337. The summed E-state index contributed by atoms with van der Waals surface area (Å²) < 4.78 is 0. The summed E-state index contributed by atoms with van der Waals surface area (Å²) in [6.07, 6.45) is 11.1. The Labute approximate surface area is 76.4 Å². The van der Waals surface area contributed by atoms with Crippen molar-refractivity contribution in [3.05, 3.63) is 11.6 Å². The molecule has 0 atom stereocenters. The van der Waals surface area contributed by atoms with E-state index < -0.39 is 0 Å². The molecule has 0 bridgehead atoms. The van der Waals surface area contributed by atoms with Crippen molar-refractivity contribution < 1.29 is 0 Å². The van der Waals surface area contributed by atoms with E-state index in [9.17, 15) is 0 Å². The van der Waals surface area contributed by atoms with Crippen LogP contribution in [0, 0.1) is 5.41 Å². The molecule has 1 N–H and O–H groups in total. The van der Waals surface area contributed by atoms with Crippen LogP contribution in [0.1, 0.15) is 52.4 Å². The van der Waals surface area contributed by atoms with Crippen molar-refractivity contribution >= 4 is 6.21 Å². The zero-order valence-corrected chi connectivity index (χ0v) is 8.40. The molecule has 0 aromatic carbocycles. The van der Waals surface area contributed by atoms with Crippen LogP contribution in [-0.2, 0) is 0 Å². The average molecular weight is 167 g/mol. The highest BCUT2D eigenvalue weighted by atomic mass is 14.3. The number of nitrogens with one attached hydrogen (secondary N) is 1. The Morgan fingerprint density at radius 1 is 1.00 bits per heavy atom. The third kappa shape index (κ3) is 9.41. The Morgan fingerprint density at radius 2 is 1.58 bits per heavy atom. The lowest BCUT2D eigenvalue weighted by molar-refractivity contribution is 0.660. The van der Waals surface area contributed by atoms with E-state index in [1.165, 1.54) is 43.9 Å². The van der Waals surface area contributed by atoms with Gasteiger partial charge in [0.15, 0.2) is 0 Å². The van der Waals surface area contributed by atoms with Crippen LogP contribution >= 0.6 is 0 Å². The predicted octanol–water partition coefficient (Wildman–Crippen LogP) is 3.94. The second-order valence-electron chi connectivity index (χ2n) is 3.48. The predicted molar refractivity (Wildman–Crippen MR) is 55.9 cm³/mol. The zero-order chi connectivity index (χ0) is 9.23. The molecule has 0 aliphatic heterocycles. The molecule has 0 rings (SSSR count). The van der Waals surface area contributed by atoms with Gasteiger partial charge in [-0.05, 0) is 45.7 Å². The maximum Gasteiger partial charge on any atom is -0.00477 e. The van der Waals surface area contributed by atoms with Crippen LogP contribution in [0.3, 0.4) is 0 Å². The first kappa shape index (κ1) is 11.4. The molecule has 0 aliphatic rings. The van der Waals surface area contributed by atoms with E-state index in [0.717, 1.165) is 6.42 Å². The lowest BCUT2D eigenvalue weighted by Gasteiger charge is -1.96.